The smallest absolute Gasteiger partial charge is 0.200 e. The fourth-order valence-corrected chi connectivity index (χ4v) is 0.912. The van der Waals surface area contributed by atoms with E-state index in [4.69, 9.17) is 6.42 Å². The van der Waals surface area contributed by atoms with Crippen LogP contribution < -0.4 is 0 Å². The van der Waals surface area contributed by atoms with E-state index in [-0.39, 0.29) is 5.56 Å². The third kappa shape index (κ3) is 1.82. The van der Waals surface area contributed by atoms with E-state index in [1.165, 1.54) is 12.1 Å². The summed E-state index contributed by atoms with van der Waals surface area (Å²) in [7, 11) is 0. The van der Waals surface area contributed by atoms with E-state index in [2.05, 4.69) is 0 Å². The summed E-state index contributed by atoms with van der Waals surface area (Å²) in [4.78, 5) is 0. The molecule has 0 fully saturated rings. The average molecular weight is 166 g/mol. The minimum Gasteiger partial charge on any atom is -0.200 e. The van der Waals surface area contributed by atoms with E-state index < -0.39 is 12.3 Å². The van der Waals surface area contributed by atoms with Crippen LogP contribution in [0, 0.1) is 12.3 Å². The largest absolute Gasteiger partial charge is 0.283 e. The lowest BCUT2D eigenvalue weighted by molar-refractivity contribution is 0.00145. The Bertz CT molecular complexity index is 282. The second-order valence-corrected chi connectivity index (χ2v) is 2.45. The van der Waals surface area contributed by atoms with Gasteiger partial charge in [0.15, 0.2) is 0 Å². The topological polar surface area (TPSA) is 0 Å². The third-order valence-electron chi connectivity index (χ3n) is 1.52. The van der Waals surface area contributed by atoms with Gasteiger partial charge in [-0.15, -0.1) is 12.3 Å². The quantitative estimate of drug-likeness (QED) is 0.592. The van der Waals surface area contributed by atoms with Crippen LogP contribution in [0.2, 0.25) is 0 Å². The zero-order chi connectivity index (χ0) is 9.03. The zero-order valence-corrected chi connectivity index (χ0v) is 6.43. The van der Waals surface area contributed by atoms with Gasteiger partial charge in [0, 0.05) is 5.56 Å². The highest BCUT2D eigenvalue weighted by atomic mass is 19.3. The fraction of sp³-hybridized carbons (Fsp3) is 0.200. The molecule has 0 spiro atoms. The Morgan fingerprint density at radius 3 is 2.33 bits per heavy atom. The molecule has 0 aliphatic heterocycles. The molecule has 0 aromatic heterocycles. The molecule has 0 aliphatic carbocycles. The number of terminal acetylenes is 1. The SMILES string of the molecule is C#CCC(F)(F)c1ccccc1. The molecule has 0 aliphatic rings. The molecule has 1 aromatic carbocycles. The maximum absolute atomic E-state index is 13.0. The molecule has 0 atom stereocenters. The number of rotatable bonds is 2. The van der Waals surface area contributed by atoms with Crippen LogP contribution in [0.5, 0.6) is 0 Å². The van der Waals surface area contributed by atoms with E-state index in [0.717, 1.165) is 0 Å². The Hall–Kier alpha value is -1.36. The maximum Gasteiger partial charge on any atom is 0.283 e. The van der Waals surface area contributed by atoms with Crippen LogP contribution in [0.1, 0.15) is 12.0 Å². The summed E-state index contributed by atoms with van der Waals surface area (Å²) in [5.41, 5.74) is -0.0250. The third-order valence-corrected chi connectivity index (χ3v) is 1.52. The van der Waals surface area contributed by atoms with Crippen LogP contribution in [-0.2, 0) is 5.92 Å². The molecule has 0 unspecified atom stereocenters. The van der Waals surface area contributed by atoms with Gasteiger partial charge in [0.1, 0.15) is 0 Å². The van der Waals surface area contributed by atoms with Gasteiger partial charge in [-0.1, -0.05) is 30.3 Å². The Morgan fingerprint density at radius 2 is 1.83 bits per heavy atom. The minimum atomic E-state index is -2.89. The summed E-state index contributed by atoms with van der Waals surface area (Å²) < 4.78 is 26.0. The molecule has 2 heteroatoms. The first-order chi connectivity index (χ1) is 5.67. The van der Waals surface area contributed by atoms with Gasteiger partial charge in [-0.05, 0) is 0 Å². The van der Waals surface area contributed by atoms with Crippen LogP contribution in [-0.4, -0.2) is 0 Å². The standard InChI is InChI=1S/C10H8F2/c1-2-8-10(11,12)9-6-4-3-5-7-9/h1,3-7H,8H2. The first-order valence-electron chi connectivity index (χ1n) is 3.53. The first-order valence-corrected chi connectivity index (χ1v) is 3.53. The van der Waals surface area contributed by atoms with Crippen LogP contribution in [0.4, 0.5) is 8.78 Å². The molecule has 0 amide bonds. The van der Waals surface area contributed by atoms with Crippen LogP contribution in [0.25, 0.3) is 0 Å². The Balaban J connectivity index is 2.91. The van der Waals surface area contributed by atoms with Crippen LogP contribution in [0.15, 0.2) is 30.3 Å². The predicted molar refractivity (Wildman–Crippen MR) is 43.8 cm³/mol. The van der Waals surface area contributed by atoms with Crippen molar-refractivity contribution in [3.8, 4) is 12.3 Å². The summed E-state index contributed by atoms with van der Waals surface area (Å²) in [6, 6.07) is 7.57. The molecule has 0 saturated carbocycles. The zero-order valence-electron chi connectivity index (χ0n) is 6.43. The van der Waals surface area contributed by atoms with Crippen molar-refractivity contribution in [3.05, 3.63) is 35.9 Å². The normalized spacial score (nSPS) is 10.8. The molecule has 0 saturated heterocycles. The van der Waals surface area contributed by atoms with Crippen molar-refractivity contribution in [2.75, 3.05) is 0 Å². The monoisotopic (exact) mass is 166 g/mol. The fourth-order valence-electron chi connectivity index (χ4n) is 0.912. The molecule has 1 aromatic rings. The number of alkyl halides is 2. The Kier molecular flexibility index (Phi) is 2.44. The highest BCUT2D eigenvalue weighted by molar-refractivity contribution is 5.21. The van der Waals surface area contributed by atoms with Gasteiger partial charge in [0.05, 0.1) is 6.42 Å². The Morgan fingerprint density at radius 1 is 1.25 bits per heavy atom. The number of halogens is 2. The van der Waals surface area contributed by atoms with Crippen molar-refractivity contribution < 1.29 is 8.78 Å². The lowest BCUT2D eigenvalue weighted by Crippen LogP contribution is -2.11. The number of hydrogen-bond acceptors (Lipinski definition) is 0. The van der Waals surface area contributed by atoms with Crippen molar-refractivity contribution in [1.82, 2.24) is 0 Å². The first kappa shape index (κ1) is 8.73. The minimum absolute atomic E-state index is 0.0250. The van der Waals surface area contributed by atoms with Crippen LogP contribution in [0.3, 0.4) is 0 Å². The highest BCUT2D eigenvalue weighted by Gasteiger charge is 2.29. The molecule has 12 heavy (non-hydrogen) atoms. The lowest BCUT2D eigenvalue weighted by Gasteiger charge is -2.12. The molecule has 0 radical (unpaired) electrons. The van der Waals surface area contributed by atoms with Crippen molar-refractivity contribution in [1.29, 1.82) is 0 Å². The highest BCUT2D eigenvalue weighted by Crippen LogP contribution is 2.30. The second-order valence-electron chi connectivity index (χ2n) is 2.45. The van der Waals surface area contributed by atoms with Crippen molar-refractivity contribution in [2.45, 2.75) is 12.3 Å². The molecule has 0 N–H and O–H groups in total. The van der Waals surface area contributed by atoms with E-state index in [0.29, 0.717) is 0 Å². The van der Waals surface area contributed by atoms with Crippen molar-refractivity contribution >= 4 is 0 Å². The number of benzene rings is 1. The summed E-state index contributed by atoms with van der Waals surface area (Å²) in [5, 5.41) is 0. The van der Waals surface area contributed by atoms with Gasteiger partial charge >= 0.3 is 0 Å². The van der Waals surface area contributed by atoms with Gasteiger partial charge < -0.3 is 0 Å². The van der Waals surface area contributed by atoms with Gasteiger partial charge in [0.25, 0.3) is 5.92 Å². The second kappa shape index (κ2) is 3.36. The molecule has 0 heterocycles. The molecular formula is C10H8F2. The summed E-state index contributed by atoms with van der Waals surface area (Å²) in [6.45, 7) is 0. The van der Waals surface area contributed by atoms with Gasteiger partial charge in [-0.25, -0.2) is 8.78 Å². The van der Waals surface area contributed by atoms with Crippen molar-refractivity contribution in [2.24, 2.45) is 0 Å². The molecule has 1 rings (SSSR count). The average Bonchev–Trinajstić information content (AvgIpc) is 2.06. The predicted octanol–water partition coefficient (Wildman–Crippen LogP) is 2.80. The van der Waals surface area contributed by atoms with Gasteiger partial charge in [-0.2, -0.15) is 0 Å². The van der Waals surface area contributed by atoms with E-state index >= 15 is 0 Å². The summed E-state index contributed by atoms with van der Waals surface area (Å²) in [5.74, 6) is -0.936. The number of hydrogen-bond donors (Lipinski definition) is 0. The van der Waals surface area contributed by atoms with E-state index in [1.54, 1.807) is 18.2 Å². The maximum atomic E-state index is 13.0. The molecule has 0 bridgehead atoms. The van der Waals surface area contributed by atoms with E-state index in [1.807, 2.05) is 5.92 Å². The summed E-state index contributed by atoms with van der Waals surface area (Å²) in [6.07, 6.45) is 4.28. The lowest BCUT2D eigenvalue weighted by atomic mass is 10.1. The van der Waals surface area contributed by atoms with Crippen molar-refractivity contribution in [3.63, 3.8) is 0 Å². The van der Waals surface area contributed by atoms with E-state index in [9.17, 15) is 8.78 Å². The Labute approximate surface area is 70.2 Å². The molecule has 0 nitrogen and oxygen atoms in total. The summed E-state index contributed by atoms with van der Waals surface area (Å²) >= 11 is 0. The molecular weight excluding hydrogens is 158 g/mol. The van der Waals surface area contributed by atoms with Gasteiger partial charge in [0.2, 0.25) is 0 Å². The molecule has 62 valence electrons. The van der Waals surface area contributed by atoms with Crippen LogP contribution >= 0.6 is 0 Å². The van der Waals surface area contributed by atoms with Gasteiger partial charge in [-0.3, -0.25) is 0 Å².